The van der Waals surface area contributed by atoms with Crippen LogP contribution in [0.15, 0.2) is 84.0 Å². The molecule has 0 unspecified atom stereocenters. The zero-order chi connectivity index (χ0) is 24.1. The van der Waals surface area contributed by atoms with Crippen LogP contribution in [0, 0.1) is 0 Å². The molecule has 8 heteroatoms. The van der Waals surface area contributed by atoms with E-state index in [-0.39, 0.29) is 16.3 Å². The Morgan fingerprint density at radius 1 is 0.882 bits per heavy atom. The van der Waals surface area contributed by atoms with E-state index in [0.29, 0.717) is 21.9 Å². The number of rotatable bonds is 6. The molecular formula is C26H18Cl2N2O4. The SMILES string of the molecule is COc1ccccc1C(=O)NN=Cc1c(OC(=O)c2ccc(Cl)cc2Cl)ccc2ccccc12. The van der Waals surface area contributed by atoms with Gasteiger partial charge < -0.3 is 9.47 Å². The molecule has 1 N–H and O–H groups in total. The number of para-hydroxylation sites is 1. The van der Waals surface area contributed by atoms with E-state index in [1.165, 1.54) is 25.5 Å². The molecule has 0 aliphatic heterocycles. The molecular weight excluding hydrogens is 475 g/mol. The van der Waals surface area contributed by atoms with Crippen molar-refractivity contribution in [3.8, 4) is 11.5 Å². The molecule has 0 heterocycles. The van der Waals surface area contributed by atoms with E-state index < -0.39 is 11.9 Å². The van der Waals surface area contributed by atoms with Gasteiger partial charge in [0.2, 0.25) is 0 Å². The second kappa shape index (κ2) is 10.4. The van der Waals surface area contributed by atoms with Crippen molar-refractivity contribution in [1.29, 1.82) is 0 Å². The molecule has 0 aliphatic rings. The van der Waals surface area contributed by atoms with Crippen LogP contribution in [-0.2, 0) is 0 Å². The Labute approximate surface area is 205 Å². The lowest BCUT2D eigenvalue weighted by Crippen LogP contribution is -2.18. The maximum atomic E-state index is 12.8. The first kappa shape index (κ1) is 23.3. The Hall–Kier alpha value is -3.87. The fourth-order valence-corrected chi connectivity index (χ4v) is 3.84. The highest BCUT2D eigenvalue weighted by Gasteiger charge is 2.17. The third kappa shape index (κ3) is 5.03. The van der Waals surface area contributed by atoms with Gasteiger partial charge in [0.15, 0.2) is 0 Å². The van der Waals surface area contributed by atoms with Gasteiger partial charge in [-0.05, 0) is 47.2 Å². The zero-order valence-electron chi connectivity index (χ0n) is 17.9. The van der Waals surface area contributed by atoms with Crippen molar-refractivity contribution in [3.63, 3.8) is 0 Å². The van der Waals surface area contributed by atoms with Crippen molar-refractivity contribution in [2.24, 2.45) is 5.10 Å². The minimum Gasteiger partial charge on any atom is -0.496 e. The summed E-state index contributed by atoms with van der Waals surface area (Å²) in [5.74, 6) is -0.412. The van der Waals surface area contributed by atoms with Crippen LogP contribution in [0.5, 0.6) is 11.5 Å². The van der Waals surface area contributed by atoms with Crippen molar-refractivity contribution >= 4 is 52.1 Å². The first-order valence-corrected chi connectivity index (χ1v) is 10.9. The number of halogens is 2. The van der Waals surface area contributed by atoms with E-state index in [1.807, 2.05) is 30.3 Å². The normalized spacial score (nSPS) is 10.9. The summed E-state index contributed by atoms with van der Waals surface area (Å²) in [6, 6.07) is 22.3. The first-order chi connectivity index (χ1) is 16.5. The Morgan fingerprint density at radius 3 is 2.44 bits per heavy atom. The third-order valence-electron chi connectivity index (χ3n) is 5.00. The van der Waals surface area contributed by atoms with Gasteiger partial charge in [0, 0.05) is 10.6 Å². The number of esters is 1. The molecule has 0 spiro atoms. The summed E-state index contributed by atoms with van der Waals surface area (Å²) in [7, 11) is 1.49. The van der Waals surface area contributed by atoms with Crippen LogP contribution in [0.3, 0.4) is 0 Å². The Bertz CT molecular complexity index is 1420. The number of hydrogen-bond donors (Lipinski definition) is 1. The van der Waals surface area contributed by atoms with Gasteiger partial charge in [-0.3, -0.25) is 4.79 Å². The van der Waals surface area contributed by atoms with Gasteiger partial charge in [-0.25, -0.2) is 10.2 Å². The molecule has 0 aromatic heterocycles. The van der Waals surface area contributed by atoms with Crippen molar-refractivity contribution in [3.05, 3.63) is 106 Å². The van der Waals surface area contributed by atoms with E-state index in [9.17, 15) is 9.59 Å². The van der Waals surface area contributed by atoms with E-state index in [4.69, 9.17) is 32.7 Å². The molecule has 0 saturated heterocycles. The number of carbonyl (C=O) groups is 2. The van der Waals surface area contributed by atoms with E-state index >= 15 is 0 Å². The molecule has 1 amide bonds. The zero-order valence-corrected chi connectivity index (χ0v) is 19.4. The van der Waals surface area contributed by atoms with Gasteiger partial charge in [-0.2, -0.15) is 5.10 Å². The van der Waals surface area contributed by atoms with Crippen LogP contribution in [0.1, 0.15) is 26.3 Å². The standard InChI is InChI=1S/C26H18Cl2N2O4/c1-33-23-9-5-4-8-20(23)25(31)30-29-15-21-18-7-3-2-6-16(18)10-13-24(21)34-26(32)19-12-11-17(27)14-22(19)28/h2-15H,1H3,(H,30,31). The minimum absolute atomic E-state index is 0.173. The number of amides is 1. The fraction of sp³-hybridized carbons (Fsp3) is 0.0385. The van der Waals surface area contributed by atoms with Crippen molar-refractivity contribution in [1.82, 2.24) is 5.43 Å². The third-order valence-corrected chi connectivity index (χ3v) is 5.54. The van der Waals surface area contributed by atoms with Crippen molar-refractivity contribution in [2.75, 3.05) is 7.11 Å². The second-order valence-corrected chi connectivity index (χ2v) is 7.96. The van der Waals surface area contributed by atoms with E-state index in [2.05, 4.69) is 10.5 Å². The summed E-state index contributed by atoms with van der Waals surface area (Å²) in [5.41, 5.74) is 3.51. The Balaban J connectivity index is 1.65. The highest BCUT2D eigenvalue weighted by Crippen LogP contribution is 2.29. The van der Waals surface area contributed by atoms with Gasteiger partial charge in [0.25, 0.3) is 5.91 Å². The molecule has 0 saturated carbocycles. The van der Waals surface area contributed by atoms with Gasteiger partial charge in [-0.1, -0.05) is 65.7 Å². The number of fused-ring (bicyclic) bond motifs is 1. The monoisotopic (exact) mass is 492 g/mol. The average Bonchev–Trinajstić information content (AvgIpc) is 2.84. The number of benzene rings is 4. The molecule has 0 aliphatic carbocycles. The summed E-state index contributed by atoms with van der Waals surface area (Å²) in [6.07, 6.45) is 1.43. The lowest BCUT2D eigenvalue weighted by atomic mass is 10.0. The molecule has 0 radical (unpaired) electrons. The maximum Gasteiger partial charge on any atom is 0.345 e. The molecule has 6 nitrogen and oxygen atoms in total. The van der Waals surface area contributed by atoms with Crippen LogP contribution in [0.2, 0.25) is 10.0 Å². The lowest BCUT2D eigenvalue weighted by Gasteiger charge is -2.11. The van der Waals surface area contributed by atoms with Crippen LogP contribution < -0.4 is 14.9 Å². The van der Waals surface area contributed by atoms with Crippen LogP contribution in [0.4, 0.5) is 0 Å². The summed E-state index contributed by atoms with van der Waals surface area (Å²) in [6.45, 7) is 0. The highest BCUT2D eigenvalue weighted by atomic mass is 35.5. The van der Waals surface area contributed by atoms with E-state index in [0.717, 1.165) is 10.8 Å². The smallest absolute Gasteiger partial charge is 0.345 e. The van der Waals surface area contributed by atoms with Crippen molar-refractivity contribution in [2.45, 2.75) is 0 Å². The molecule has 4 rings (SSSR count). The van der Waals surface area contributed by atoms with Gasteiger partial charge in [0.05, 0.1) is 29.5 Å². The molecule has 4 aromatic carbocycles. The molecule has 4 aromatic rings. The van der Waals surface area contributed by atoms with Crippen LogP contribution in [-0.4, -0.2) is 25.2 Å². The molecule has 0 bridgehead atoms. The van der Waals surface area contributed by atoms with Gasteiger partial charge in [0.1, 0.15) is 11.5 Å². The van der Waals surface area contributed by atoms with Crippen LogP contribution >= 0.6 is 23.2 Å². The largest absolute Gasteiger partial charge is 0.496 e. The summed E-state index contributed by atoms with van der Waals surface area (Å²) in [4.78, 5) is 25.4. The molecule has 0 fully saturated rings. The number of nitrogens with one attached hydrogen (secondary N) is 1. The number of nitrogens with zero attached hydrogens (tertiary/aromatic N) is 1. The van der Waals surface area contributed by atoms with E-state index in [1.54, 1.807) is 36.4 Å². The van der Waals surface area contributed by atoms with Crippen molar-refractivity contribution < 1.29 is 19.1 Å². The van der Waals surface area contributed by atoms with Crippen LogP contribution in [0.25, 0.3) is 10.8 Å². The number of hydrazone groups is 1. The number of methoxy groups -OCH3 is 1. The minimum atomic E-state index is -0.648. The van der Waals surface area contributed by atoms with Gasteiger partial charge in [-0.15, -0.1) is 0 Å². The number of ether oxygens (including phenoxy) is 2. The number of hydrogen-bond acceptors (Lipinski definition) is 5. The predicted octanol–water partition coefficient (Wildman–Crippen LogP) is 6.14. The Morgan fingerprint density at radius 2 is 1.65 bits per heavy atom. The fourth-order valence-electron chi connectivity index (χ4n) is 3.36. The quantitative estimate of drug-likeness (QED) is 0.152. The molecule has 170 valence electrons. The topological polar surface area (TPSA) is 77.0 Å². The summed E-state index contributed by atoms with van der Waals surface area (Å²) in [5, 5.41) is 6.37. The summed E-state index contributed by atoms with van der Waals surface area (Å²) < 4.78 is 10.9. The Kier molecular flexibility index (Phi) is 7.11. The average molecular weight is 493 g/mol. The van der Waals surface area contributed by atoms with Gasteiger partial charge >= 0.3 is 5.97 Å². The second-order valence-electron chi connectivity index (χ2n) is 7.11. The maximum absolute atomic E-state index is 12.8. The first-order valence-electron chi connectivity index (χ1n) is 10.1. The predicted molar refractivity (Wildman–Crippen MR) is 133 cm³/mol. The summed E-state index contributed by atoms with van der Waals surface area (Å²) >= 11 is 12.1. The number of carbonyl (C=O) groups excluding carboxylic acids is 2. The molecule has 34 heavy (non-hydrogen) atoms. The highest BCUT2D eigenvalue weighted by molar-refractivity contribution is 6.36. The lowest BCUT2D eigenvalue weighted by molar-refractivity contribution is 0.0734. The molecule has 0 atom stereocenters.